The van der Waals surface area contributed by atoms with Crippen molar-refractivity contribution in [2.45, 2.75) is 6.17 Å². The molecule has 1 aromatic carbocycles. The Balaban J connectivity index is 2.36. The molecule has 78 valence electrons. The number of nitrogens with zero attached hydrogens (tertiary/aromatic N) is 1. The first-order chi connectivity index (χ1) is 7.16. The second-order valence-electron chi connectivity index (χ2n) is 3.04. The maximum absolute atomic E-state index is 6.04. The van der Waals surface area contributed by atoms with E-state index in [2.05, 4.69) is 15.6 Å². The molecule has 0 saturated heterocycles. The predicted molar refractivity (Wildman–Crippen MR) is 64.7 cm³/mol. The van der Waals surface area contributed by atoms with Crippen LogP contribution in [0.1, 0.15) is 11.7 Å². The Morgan fingerprint density at radius 2 is 2.13 bits per heavy atom. The summed E-state index contributed by atoms with van der Waals surface area (Å²) < 4.78 is 0. The third-order valence-electron chi connectivity index (χ3n) is 1.98. The summed E-state index contributed by atoms with van der Waals surface area (Å²) in [5.41, 5.74) is 6.42. The minimum Gasteiger partial charge on any atom is -0.370 e. The van der Waals surface area contributed by atoms with Gasteiger partial charge in [-0.1, -0.05) is 29.8 Å². The van der Waals surface area contributed by atoms with Gasteiger partial charge < -0.3 is 16.4 Å². The molecule has 0 aromatic heterocycles. The highest BCUT2D eigenvalue weighted by atomic mass is 35.5. The number of guanidine groups is 1. The fourth-order valence-corrected chi connectivity index (χ4v) is 1.78. The smallest absolute Gasteiger partial charge is 0.197 e. The van der Waals surface area contributed by atoms with Gasteiger partial charge in [0, 0.05) is 10.6 Å². The van der Waals surface area contributed by atoms with Crippen LogP contribution in [-0.2, 0) is 0 Å². The molecule has 0 bridgehead atoms. The summed E-state index contributed by atoms with van der Waals surface area (Å²) in [4.78, 5) is 4.16. The average Bonchev–Trinajstić information content (AvgIpc) is 2.16. The van der Waals surface area contributed by atoms with Gasteiger partial charge in [-0.2, -0.15) is 0 Å². The van der Waals surface area contributed by atoms with E-state index in [1.807, 2.05) is 18.2 Å². The number of halogens is 1. The molecule has 1 unspecified atom stereocenters. The van der Waals surface area contributed by atoms with Crippen molar-refractivity contribution in [2.24, 2.45) is 10.7 Å². The van der Waals surface area contributed by atoms with Gasteiger partial charge in [0.1, 0.15) is 0 Å². The van der Waals surface area contributed by atoms with Gasteiger partial charge in [-0.25, -0.2) is 4.99 Å². The maximum atomic E-state index is 6.04. The molecule has 0 fully saturated rings. The van der Waals surface area contributed by atoms with Crippen LogP contribution in [0, 0.1) is 0 Å². The summed E-state index contributed by atoms with van der Waals surface area (Å²) in [7, 11) is 0. The van der Waals surface area contributed by atoms with Gasteiger partial charge in [0.25, 0.3) is 0 Å². The van der Waals surface area contributed by atoms with Gasteiger partial charge in [0.05, 0.1) is 0 Å². The van der Waals surface area contributed by atoms with Crippen molar-refractivity contribution in [1.29, 1.82) is 0 Å². The molecule has 6 heteroatoms. The Morgan fingerprint density at radius 3 is 2.80 bits per heavy atom. The van der Waals surface area contributed by atoms with Gasteiger partial charge in [-0.05, 0) is 18.3 Å². The molecule has 1 atom stereocenters. The van der Waals surface area contributed by atoms with Crippen LogP contribution in [-0.4, -0.2) is 11.1 Å². The van der Waals surface area contributed by atoms with E-state index < -0.39 is 0 Å². The number of thiocarbonyl (C=S) groups is 1. The molecule has 4 N–H and O–H groups in total. The summed E-state index contributed by atoms with van der Waals surface area (Å²) in [6.07, 6.45) is -0.313. The Bertz CT molecular complexity index is 432. The summed E-state index contributed by atoms with van der Waals surface area (Å²) in [6, 6.07) is 7.43. The van der Waals surface area contributed by atoms with Crippen molar-refractivity contribution in [1.82, 2.24) is 10.6 Å². The zero-order valence-electron chi connectivity index (χ0n) is 7.70. The molecular weight excluding hydrogens is 232 g/mol. The van der Waals surface area contributed by atoms with E-state index in [-0.39, 0.29) is 6.17 Å². The molecule has 1 heterocycles. The summed E-state index contributed by atoms with van der Waals surface area (Å²) in [5.74, 6) is 0.295. The number of hydrogen-bond acceptors (Lipinski definition) is 3. The van der Waals surface area contributed by atoms with E-state index in [4.69, 9.17) is 29.6 Å². The van der Waals surface area contributed by atoms with Crippen molar-refractivity contribution in [3.05, 3.63) is 34.9 Å². The van der Waals surface area contributed by atoms with E-state index in [1.165, 1.54) is 0 Å². The number of nitrogens with two attached hydrogens (primary N) is 1. The maximum Gasteiger partial charge on any atom is 0.197 e. The van der Waals surface area contributed by atoms with Gasteiger partial charge in [0.2, 0.25) is 0 Å². The molecule has 2 rings (SSSR count). The third kappa shape index (κ3) is 2.19. The van der Waals surface area contributed by atoms with Gasteiger partial charge in [-0.3, -0.25) is 0 Å². The second kappa shape index (κ2) is 4.04. The molecule has 0 amide bonds. The van der Waals surface area contributed by atoms with Crippen molar-refractivity contribution in [3.8, 4) is 0 Å². The Morgan fingerprint density at radius 1 is 1.40 bits per heavy atom. The SMILES string of the molecule is NC1=NC(c2ccccc2Cl)NC(=S)N1. The predicted octanol–water partition coefficient (Wildman–Crippen LogP) is 1.13. The van der Waals surface area contributed by atoms with E-state index in [0.29, 0.717) is 16.1 Å². The molecule has 0 aliphatic carbocycles. The molecule has 1 aromatic rings. The Kier molecular flexibility index (Phi) is 2.75. The van der Waals surface area contributed by atoms with Crippen molar-refractivity contribution < 1.29 is 0 Å². The van der Waals surface area contributed by atoms with E-state index in [0.717, 1.165) is 5.56 Å². The lowest BCUT2D eigenvalue weighted by Gasteiger charge is -2.23. The topological polar surface area (TPSA) is 62.4 Å². The van der Waals surface area contributed by atoms with Crippen LogP contribution in [0.4, 0.5) is 0 Å². The van der Waals surface area contributed by atoms with Crippen LogP contribution in [0.2, 0.25) is 5.02 Å². The minimum atomic E-state index is -0.313. The van der Waals surface area contributed by atoms with Gasteiger partial charge in [-0.15, -0.1) is 0 Å². The quantitative estimate of drug-likeness (QED) is 0.644. The van der Waals surface area contributed by atoms with Crippen LogP contribution in [0.15, 0.2) is 29.3 Å². The number of rotatable bonds is 1. The van der Waals surface area contributed by atoms with Crippen molar-refractivity contribution in [3.63, 3.8) is 0 Å². The highest BCUT2D eigenvalue weighted by molar-refractivity contribution is 7.80. The first kappa shape index (κ1) is 10.2. The Hall–Kier alpha value is -1.33. The highest BCUT2D eigenvalue weighted by Crippen LogP contribution is 2.24. The van der Waals surface area contributed by atoms with E-state index in [1.54, 1.807) is 6.07 Å². The van der Waals surface area contributed by atoms with Crippen molar-refractivity contribution >= 4 is 34.9 Å². The van der Waals surface area contributed by atoms with Gasteiger partial charge in [0.15, 0.2) is 17.2 Å². The Labute approximate surface area is 97.5 Å². The first-order valence-electron chi connectivity index (χ1n) is 4.32. The minimum absolute atomic E-state index is 0.295. The highest BCUT2D eigenvalue weighted by Gasteiger charge is 2.18. The summed E-state index contributed by atoms with van der Waals surface area (Å²) in [6.45, 7) is 0. The lowest BCUT2D eigenvalue weighted by Crippen LogP contribution is -2.49. The number of hydrogen-bond donors (Lipinski definition) is 3. The average molecular weight is 241 g/mol. The largest absolute Gasteiger partial charge is 0.370 e. The molecule has 1 aliphatic heterocycles. The summed E-state index contributed by atoms with van der Waals surface area (Å²) in [5, 5.41) is 6.76. The number of aliphatic imine (C=N–C) groups is 1. The lowest BCUT2D eigenvalue weighted by atomic mass is 10.2. The van der Waals surface area contributed by atoms with Crippen LogP contribution in [0.25, 0.3) is 0 Å². The lowest BCUT2D eigenvalue weighted by molar-refractivity contribution is 0.660. The molecule has 4 nitrogen and oxygen atoms in total. The number of nitrogens with one attached hydrogen (secondary N) is 2. The second-order valence-corrected chi connectivity index (χ2v) is 3.85. The first-order valence-corrected chi connectivity index (χ1v) is 5.10. The van der Waals surface area contributed by atoms with Crippen molar-refractivity contribution in [2.75, 3.05) is 0 Å². The number of benzene rings is 1. The van der Waals surface area contributed by atoms with E-state index in [9.17, 15) is 0 Å². The molecule has 1 aliphatic rings. The molecule has 0 radical (unpaired) electrons. The normalized spacial score (nSPS) is 20.2. The van der Waals surface area contributed by atoms with Gasteiger partial charge >= 0.3 is 0 Å². The molecule has 0 spiro atoms. The molecule has 0 saturated carbocycles. The fraction of sp³-hybridized carbons (Fsp3) is 0.111. The van der Waals surface area contributed by atoms with Crippen LogP contribution < -0.4 is 16.4 Å². The third-order valence-corrected chi connectivity index (χ3v) is 2.54. The zero-order chi connectivity index (χ0) is 10.8. The molecular formula is C9H9ClN4S. The monoisotopic (exact) mass is 240 g/mol. The summed E-state index contributed by atoms with van der Waals surface area (Å²) >= 11 is 11.0. The molecule has 15 heavy (non-hydrogen) atoms. The van der Waals surface area contributed by atoms with Crippen LogP contribution >= 0.6 is 23.8 Å². The fourth-order valence-electron chi connectivity index (χ4n) is 1.32. The van der Waals surface area contributed by atoms with E-state index >= 15 is 0 Å². The standard InChI is InChI=1S/C9H9ClN4S/c10-6-4-2-1-3-5(6)7-12-8(11)14-9(15)13-7/h1-4,7H,(H4,11,12,13,14,15). The van der Waals surface area contributed by atoms with Crippen LogP contribution in [0.3, 0.4) is 0 Å². The zero-order valence-corrected chi connectivity index (χ0v) is 9.27. The van der Waals surface area contributed by atoms with Crippen LogP contribution in [0.5, 0.6) is 0 Å².